The molecular formula is C57H74ClF3N8O8S4. The molecule has 4 aromatic rings. The lowest BCUT2D eigenvalue weighted by molar-refractivity contribution is -0.0436. The van der Waals surface area contributed by atoms with Crippen LogP contribution in [0, 0.1) is 5.41 Å². The molecule has 1 aliphatic carbocycles. The molecule has 0 radical (unpaired) electrons. The highest BCUT2D eigenvalue weighted by molar-refractivity contribution is 7.99. The van der Waals surface area contributed by atoms with Crippen molar-refractivity contribution in [2.75, 3.05) is 127 Å². The molecule has 4 aliphatic heterocycles. The summed E-state index contributed by atoms with van der Waals surface area (Å²) in [6.45, 7) is 13.9. The van der Waals surface area contributed by atoms with Crippen LogP contribution >= 0.6 is 23.4 Å². The molecule has 2 atom stereocenters. The molecule has 24 heteroatoms. The largest absolute Gasteiger partial charge is 0.501 e. The Morgan fingerprint density at radius 2 is 1.51 bits per heavy atom. The molecule has 81 heavy (non-hydrogen) atoms. The second-order valence-corrected chi connectivity index (χ2v) is 29.5. The number of sulfone groups is 1. The first kappa shape index (κ1) is 61.3. The summed E-state index contributed by atoms with van der Waals surface area (Å²) >= 11 is 7.78. The summed E-state index contributed by atoms with van der Waals surface area (Å²) in [6.07, 6.45) is 5.37. The maximum absolute atomic E-state index is 14.3. The van der Waals surface area contributed by atoms with Gasteiger partial charge in [-0.2, -0.15) is 17.5 Å². The lowest BCUT2D eigenvalue weighted by atomic mass is 9.71. The number of piperazine rings is 2. The molecule has 0 saturated carbocycles. The van der Waals surface area contributed by atoms with Crippen LogP contribution in [0.15, 0.2) is 117 Å². The Morgan fingerprint density at radius 3 is 2.20 bits per heavy atom. The summed E-state index contributed by atoms with van der Waals surface area (Å²) in [7, 11) is -14.3. The van der Waals surface area contributed by atoms with Gasteiger partial charge in [0.25, 0.3) is 25.8 Å². The van der Waals surface area contributed by atoms with Gasteiger partial charge < -0.3 is 30.1 Å². The Hall–Kier alpha value is -4.27. The highest BCUT2D eigenvalue weighted by atomic mass is 35.5. The number of carbonyl (C=O) groups is 1. The van der Waals surface area contributed by atoms with Gasteiger partial charge in [-0.1, -0.05) is 54.4 Å². The predicted octanol–water partition coefficient (Wildman–Crippen LogP) is 7.90. The molecule has 4 saturated heterocycles. The molecule has 4 aromatic carbocycles. The number of alkyl halides is 3. The molecule has 5 aliphatic rings. The van der Waals surface area contributed by atoms with E-state index in [1.807, 2.05) is 47.2 Å². The van der Waals surface area contributed by atoms with Crippen molar-refractivity contribution in [3.8, 4) is 0 Å². The van der Waals surface area contributed by atoms with Crippen LogP contribution in [-0.2, 0) is 34.6 Å². The summed E-state index contributed by atoms with van der Waals surface area (Å²) in [6, 6.07) is 25.7. The van der Waals surface area contributed by atoms with E-state index in [4.69, 9.17) is 16.3 Å². The number of sulfonamides is 2. The number of benzene rings is 4. The van der Waals surface area contributed by atoms with Gasteiger partial charge in [-0.15, -0.1) is 11.8 Å². The SMILES string of the molecule is CC1(CN2CCN(S(=O)(=O)C3CCNCC3)CC2)CCC(c2ccc(Cl)cc2)=C(CN2CCN(c3ccc(C(=O)NS(=O)(=O)c4ccc(NC(CCN5CCCOCC5)CSc5ccccc5)c(S(=O)(=O)C(F)(F)F)c4)cc3)CC2)C1. The van der Waals surface area contributed by atoms with Crippen molar-refractivity contribution in [1.29, 1.82) is 0 Å². The first-order chi connectivity index (χ1) is 38.7. The minimum absolute atomic E-state index is 0.00937. The van der Waals surface area contributed by atoms with Crippen molar-refractivity contribution < 1.29 is 48.0 Å². The van der Waals surface area contributed by atoms with E-state index in [1.54, 1.807) is 16.4 Å². The second-order valence-electron chi connectivity index (χ2n) is 22.2. The number of carbonyl (C=O) groups excluding carboxylic acids is 1. The molecule has 4 fully saturated rings. The number of nitrogens with one attached hydrogen (secondary N) is 3. The van der Waals surface area contributed by atoms with Gasteiger partial charge in [-0.25, -0.2) is 30.0 Å². The number of hydrogen-bond acceptors (Lipinski definition) is 15. The van der Waals surface area contributed by atoms with Crippen LogP contribution in [0.2, 0.25) is 5.02 Å². The number of nitrogens with zero attached hydrogens (tertiary/aromatic N) is 5. The molecule has 442 valence electrons. The summed E-state index contributed by atoms with van der Waals surface area (Å²) in [5, 5.41) is 6.66. The van der Waals surface area contributed by atoms with Crippen LogP contribution in [0.25, 0.3) is 5.57 Å². The third kappa shape index (κ3) is 15.7. The Bertz CT molecular complexity index is 3150. The average Bonchev–Trinajstić information content (AvgIpc) is 3.74. The van der Waals surface area contributed by atoms with Crippen molar-refractivity contribution in [1.82, 2.24) is 29.0 Å². The molecule has 4 heterocycles. The van der Waals surface area contributed by atoms with Gasteiger partial charge in [-0.3, -0.25) is 9.69 Å². The van der Waals surface area contributed by atoms with Crippen molar-refractivity contribution >= 4 is 76.1 Å². The zero-order valence-electron chi connectivity index (χ0n) is 45.7. The van der Waals surface area contributed by atoms with E-state index in [0.717, 1.165) is 99.8 Å². The van der Waals surface area contributed by atoms with E-state index in [0.29, 0.717) is 102 Å². The number of anilines is 2. The standard InChI is InChI=1S/C57H74ClF3N8O8S4/c1-56(42-67-29-33-69(34-30-67)81(75,76)50-19-23-62-24-20-50)22-18-52(43-8-12-46(58)13-9-43)45(39-56)40-66-27-31-68(32-28-66)48-14-10-44(11-15-48)55(70)64-80(73,74)51-16-17-53(54(38-51)79(71,72)57(59,60)61)63-47(41-78-49-6-3-2-4-7-49)21-26-65-25-5-36-77-37-35-65/h2-4,6-17,38,47,50,62-63H,5,18-37,39-42H2,1H3,(H,64,70). The van der Waals surface area contributed by atoms with E-state index >= 15 is 0 Å². The first-order valence-electron chi connectivity index (χ1n) is 27.9. The maximum Gasteiger partial charge on any atom is 0.501 e. The molecule has 0 bridgehead atoms. The smallest absolute Gasteiger partial charge is 0.380 e. The molecule has 1 amide bonds. The van der Waals surface area contributed by atoms with Crippen LogP contribution in [0.1, 0.15) is 67.8 Å². The number of hydrogen-bond donors (Lipinski definition) is 3. The van der Waals surface area contributed by atoms with Crippen molar-refractivity contribution in [2.45, 2.75) is 83.4 Å². The van der Waals surface area contributed by atoms with E-state index in [9.17, 15) is 43.2 Å². The van der Waals surface area contributed by atoms with Gasteiger partial charge in [-0.05, 0) is 141 Å². The van der Waals surface area contributed by atoms with Gasteiger partial charge in [0.1, 0.15) is 4.90 Å². The van der Waals surface area contributed by atoms with E-state index in [1.165, 1.54) is 35.0 Å². The van der Waals surface area contributed by atoms with Gasteiger partial charge in [0.2, 0.25) is 10.0 Å². The van der Waals surface area contributed by atoms with E-state index < -0.39 is 62.8 Å². The fraction of sp³-hybridized carbons (Fsp3) is 0.526. The molecule has 9 rings (SSSR count). The average molecular weight is 1220 g/mol. The first-order valence-corrected chi connectivity index (χ1v) is 33.7. The molecule has 0 aromatic heterocycles. The van der Waals surface area contributed by atoms with Crippen molar-refractivity contribution in [3.63, 3.8) is 0 Å². The fourth-order valence-electron chi connectivity index (χ4n) is 11.7. The fourth-order valence-corrected chi connectivity index (χ4v) is 16.8. The van der Waals surface area contributed by atoms with Crippen LogP contribution < -0.4 is 20.3 Å². The quantitative estimate of drug-likeness (QED) is 0.0727. The van der Waals surface area contributed by atoms with Crippen LogP contribution in [0.3, 0.4) is 0 Å². The summed E-state index contributed by atoms with van der Waals surface area (Å²) in [5.74, 6) is -0.688. The maximum atomic E-state index is 14.3. The lowest BCUT2D eigenvalue weighted by Crippen LogP contribution is -2.54. The second kappa shape index (κ2) is 26.8. The van der Waals surface area contributed by atoms with Crippen LogP contribution in [0.5, 0.6) is 0 Å². The predicted molar refractivity (Wildman–Crippen MR) is 314 cm³/mol. The van der Waals surface area contributed by atoms with E-state index in [2.05, 4.69) is 49.3 Å². The Balaban J connectivity index is 0.827. The molecule has 3 N–H and O–H groups in total. The van der Waals surface area contributed by atoms with Crippen LogP contribution in [0.4, 0.5) is 24.5 Å². The Kier molecular flexibility index (Phi) is 20.2. The Morgan fingerprint density at radius 1 is 0.815 bits per heavy atom. The zero-order valence-corrected chi connectivity index (χ0v) is 49.7. The van der Waals surface area contributed by atoms with Gasteiger partial charge in [0.15, 0.2) is 0 Å². The Labute approximate surface area is 485 Å². The zero-order chi connectivity index (χ0) is 57.4. The third-order valence-electron chi connectivity index (χ3n) is 16.3. The molecule has 0 spiro atoms. The number of halogens is 4. The summed E-state index contributed by atoms with van der Waals surface area (Å²) in [4.78, 5) is 21.6. The van der Waals surface area contributed by atoms with Gasteiger partial charge in [0.05, 0.1) is 22.4 Å². The minimum atomic E-state index is -6.09. The number of thioether (sulfide) groups is 1. The topological polar surface area (TPSA) is 181 Å². The molecule has 16 nitrogen and oxygen atoms in total. The summed E-state index contributed by atoms with van der Waals surface area (Å²) in [5.41, 5.74) is -1.51. The van der Waals surface area contributed by atoms with Crippen molar-refractivity contribution in [2.24, 2.45) is 5.41 Å². The number of amides is 1. The van der Waals surface area contributed by atoms with Gasteiger partial charge >= 0.3 is 5.51 Å². The van der Waals surface area contributed by atoms with Crippen molar-refractivity contribution in [3.05, 3.63) is 119 Å². The lowest BCUT2D eigenvalue weighted by Gasteiger charge is -2.44. The molecule has 2 unspecified atom stereocenters. The molecular weight excluding hydrogens is 1150 g/mol. The number of allylic oxidation sites excluding steroid dienone is 1. The van der Waals surface area contributed by atoms with E-state index in [-0.39, 0.29) is 16.2 Å². The van der Waals surface area contributed by atoms with Gasteiger partial charge in [0, 0.05) is 125 Å². The number of ether oxygens (including phenoxy) is 1. The summed E-state index contributed by atoms with van der Waals surface area (Å²) < 4.78 is 133. The highest BCUT2D eigenvalue weighted by Gasteiger charge is 2.49. The van der Waals surface area contributed by atoms with Crippen LogP contribution in [-0.4, -0.2) is 184 Å². The normalized spacial score (nSPS) is 21.6. The monoisotopic (exact) mass is 1220 g/mol. The minimum Gasteiger partial charge on any atom is -0.380 e. The third-order valence-corrected chi connectivity index (χ3v) is 23.0. The highest BCUT2D eigenvalue weighted by Crippen LogP contribution is 2.44. The number of rotatable bonds is 20. The number of piperidine rings is 1.